The van der Waals surface area contributed by atoms with Gasteiger partial charge in [0.25, 0.3) is 11.5 Å². The molecular weight excluding hydrogens is 350 g/mol. The molecule has 8 heteroatoms. The summed E-state index contributed by atoms with van der Waals surface area (Å²) in [5.74, 6) is -0.298. The van der Waals surface area contributed by atoms with Gasteiger partial charge in [-0.3, -0.25) is 9.59 Å². The van der Waals surface area contributed by atoms with Crippen molar-refractivity contribution >= 4 is 23.0 Å². The average Bonchev–Trinajstić information content (AvgIpc) is 2.92. The van der Waals surface area contributed by atoms with Crippen molar-refractivity contribution < 1.29 is 18.7 Å². The topological polar surface area (TPSA) is 103 Å². The number of aryl methyl sites for hydroxylation is 2. The first-order chi connectivity index (χ1) is 12.7. The maximum atomic E-state index is 12.4. The number of carbonyl (C=O) groups excluding carboxylic acids is 2. The highest BCUT2D eigenvalue weighted by Gasteiger charge is 2.24. The predicted octanol–water partition coefficient (Wildman–Crippen LogP) is 2.32. The van der Waals surface area contributed by atoms with Crippen molar-refractivity contribution in [2.24, 2.45) is 13.0 Å². The first kappa shape index (κ1) is 20.7. The van der Waals surface area contributed by atoms with E-state index >= 15 is 0 Å². The Morgan fingerprint density at radius 3 is 2.67 bits per heavy atom. The SMILES string of the molecule is Cc1oc2ncn(C)c(=O)c2c1C(=O)OCC(=O)NC(C)CCCC(C)C. The minimum absolute atomic E-state index is 0.00272. The number of nitrogens with one attached hydrogen (secondary N) is 1. The van der Waals surface area contributed by atoms with E-state index in [1.165, 1.54) is 17.9 Å². The molecule has 0 bridgehead atoms. The number of carbonyl (C=O) groups is 2. The number of hydrogen-bond acceptors (Lipinski definition) is 6. The van der Waals surface area contributed by atoms with E-state index in [0.717, 1.165) is 19.3 Å². The van der Waals surface area contributed by atoms with E-state index in [0.29, 0.717) is 5.92 Å². The Bertz CT molecular complexity index is 881. The van der Waals surface area contributed by atoms with E-state index in [-0.39, 0.29) is 34.4 Å². The second kappa shape index (κ2) is 8.83. The normalized spacial score (nSPS) is 12.4. The molecule has 27 heavy (non-hydrogen) atoms. The van der Waals surface area contributed by atoms with Crippen LogP contribution >= 0.6 is 0 Å². The van der Waals surface area contributed by atoms with Crippen LogP contribution in [0.4, 0.5) is 0 Å². The molecule has 1 N–H and O–H groups in total. The fourth-order valence-electron chi connectivity index (χ4n) is 2.86. The molecule has 8 nitrogen and oxygen atoms in total. The maximum absolute atomic E-state index is 12.4. The molecule has 0 aliphatic heterocycles. The molecule has 0 saturated carbocycles. The van der Waals surface area contributed by atoms with Crippen LogP contribution in [0.15, 0.2) is 15.5 Å². The second-order valence-electron chi connectivity index (χ2n) is 7.24. The molecule has 0 aliphatic carbocycles. The molecule has 1 atom stereocenters. The summed E-state index contributed by atoms with van der Waals surface area (Å²) in [6, 6.07) is 0.00272. The van der Waals surface area contributed by atoms with Gasteiger partial charge >= 0.3 is 5.97 Å². The van der Waals surface area contributed by atoms with Gasteiger partial charge in [0.15, 0.2) is 6.61 Å². The van der Waals surface area contributed by atoms with Crippen molar-refractivity contribution in [3.63, 3.8) is 0 Å². The Labute approximate surface area is 157 Å². The largest absolute Gasteiger partial charge is 0.452 e. The van der Waals surface area contributed by atoms with E-state index in [1.807, 2.05) is 6.92 Å². The molecule has 0 fully saturated rings. The van der Waals surface area contributed by atoms with Gasteiger partial charge in [-0.1, -0.05) is 26.7 Å². The molecule has 0 spiro atoms. The average molecular weight is 377 g/mol. The van der Waals surface area contributed by atoms with E-state index in [1.54, 1.807) is 6.92 Å². The van der Waals surface area contributed by atoms with Crippen LogP contribution in [0, 0.1) is 12.8 Å². The van der Waals surface area contributed by atoms with Crippen LogP contribution in [0.5, 0.6) is 0 Å². The van der Waals surface area contributed by atoms with Gasteiger partial charge in [-0.05, 0) is 26.2 Å². The molecular formula is C19H27N3O5. The van der Waals surface area contributed by atoms with Crippen molar-refractivity contribution in [3.05, 3.63) is 28.0 Å². The van der Waals surface area contributed by atoms with Gasteiger partial charge in [0.05, 0.1) is 0 Å². The fourth-order valence-corrected chi connectivity index (χ4v) is 2.86. The predicted molar refractivity (Wildman–Crippen MR) is 101 cm³/mol. The molecule has 0 saturated heterocycles. The number of amides is 1. The van der Waals surface area contributed by atoms with Gasteiger partial charge in [0.1, 0.15) is 23.0 Å². The minimum atomic E-state index is -0.779. The zero-order chi connectivity index (χ0) is 20.1. The van der Waals surface area contributed by atoms with Gasteiger partial charge in [0.2, 0.25) is 5.71 Å². The van der Waals surface area contributed by atoms with Crippen LogP contribution in [-0.2, 0) is 16.6 Å². The van der Waals surface area contributed by atoms with Crippen LogP contribution in [0.1, 0.15) is 56.2 Å². The molecule has 2 aromatic rings. The Hall–Kier alpha value is -2.64. The third kappa shape index (κ3) is 5.18. The van der Waals surface area contributed by atoms with Crippen molar-refractivity contribution in [1.82, 2.24) is 14.9 Å². The summed E-state index contributed by atoms with van der Waals surface area (Å²) < 4.78 is 11.7. The molecule has 2 heterocycles. The Kier molecular flexibility index (Phi) is 6.76. The summed E-state index contributed by atoms with van der Waals surface area (Å²) in [6.07, 6.45) is 4.31. The summed E-state index contributed by atoms with van der Waals surface area (Å²) in [7, 11) is 1.53. The fraction of sp³-hybridized carbons (Fsp3) is 0.579. The van der Waals surface area contributed by atoms with E-state index in [9.17, 15) is 14.4 Å². The zero-order valence-corrected chi connectivity index (χ0v) is 16.5. The number of ether oxygens (including phenoxy) is 1. The molecule has 2 rings (SSSR count). The number of esters is 1. The van der Waals surface area contributed by atoms with E-state index in [4.69, 9.17) is 9.15 Å². The van der Waals surface area contributed by atoms with E-state index in [2.05, 4.69) is 24.1 Å². The van der Waals surface area contributed by atoms with Crippen molar-refractivity contribution in [3.8, 4) is 0 Å². The van der Waals surface area contributed by atoms with Crippen LogP contribution < -0.4 is 10.9 Å². The molecule has 2 aromatic heterocycles. The molecule has 0 aliphatic rings. The smallest absolute Gasteiger partial charge is 0.343 e. The lowest BCUT2D eigenvalue weighted by Gasteiger charge is -2.14. The maximum Gasteiger partial charge on any atom is 0.343 e. The van der Waals surface area contributed by atoms with Crippen LogP contribution in [0.2, 0.25) is 0 Å². The van der Waals surface area contributed by atoms with Gasteiger partial charge in [-0.2, -0.15) is 0 Å². The zero-order valence-electron chi connectivity index (χ0n) is 16.5. The number of nitrogens with zero attached hydrogens (tertiary/aromatic N) is 2. The number of rotatable bonds is 8. The van der Waals surface area contributed by atoms with Gasteiger partial charge in [-0.15, -0.1) is 0 Å². The third-order valence-electron chi connectivity index (χ3n) is 4.31. The highest BCUT2D eigenvalue weighted by atomic mass is 16.5. The highest BCUT2D eigenvalue weighted by Crippen LogP contribution is 2.21. The quantitative estimate of drug-likeness (QED) is 0.708. The molecule has 0 radical (unpaired) electrons. The summed E-state index contributed by atoms with van der Waals surface area (Å²) in [5, 5.41) is 2.87. The van der Waals surface area contributed by atoms with Crippen molar-refractivity contribution in [2.75, 3.05) is 6.61 Å². The summed E-state index contributed by atoms with van der Waals surface area (Å²) in [4.78, 5) is 40.7. The van der Waals surface area contributed by atoms with Gasteiger partial charge in [0, 0.05) is 13.1 Å². The highest BCUT2D eigenvalue weighted by molar-refractivity contribution is 6.03. The Morgan fingerprint density at radius 2 is 2.00 bits per heavy atom. The molecule has 1 amide bonds. The first-order valence-electron chi connectivity index (χ1n) is 9.12. The summed E-state index contributed by atoms with van der Waals surface area (Å²) >= 11 is 0. The van der Waals surface area contributed by atoms with Crippen molar-refractivity contribution in [2.45, 2.75) is 53.0 Å². The molecule has 0 aromatic carbocycles. The monoisotopic (exact) mass is 377 g/mol. The number of fused-ring (bicyclic) bond motifs is 1. The van der Waals surface area contributed by atoms with Crippen LogP contribution in [0.25, 0.3) is 11.1 Å². The van der Waals surface area contributed by atoms with Gasteiger partial charge in [-0.25, -0.2) is 9.78 Å². The van der Waals surface area contributed by atoms with Gasteiger partial charge < -0.3 is 19.0 Å². The van der Waals surface area contributed by atoms with E-state index < -0.39 is 18.1 Å². The second-order valence-corrected chi connectivity index (χ2v) is 7.24. The minimum Gasteiger partial charge on any atom is -0.452 e. The van der Waals surface area contributed by atoms with Crippen molar-refractivity contribution in [1.29, 1.82) is 0 Å². The van der Waals surface area contributed by atoms with Crippen LogP contribution in [0.3, 0.4) is 0 Å². The van der Waals surface area contributed by atoms with Crippen LogP contribution in [-0.4, -0.2) is 34.1 Å². The lowest BCUT2D eigenvalue weighted by Crippen LogP contribution is -2.36. The third-order valence-corrected chi connectivity index (χ3v) is 4.31. The standard InChI is InChI=1S/C19H27N3O5/c1-11(2)7-6-8-12(3)21-14(23)9-26-19(25)15-13(4)27-17-16(15)18(24)22(5)10-20-17/h10-12H,6-9H2,1-5H3,(H,21,23). The first-order valence-corrected chi connectivity index (χ1v) is 9.12. The lowest BCUT2D eigenvalue weighted by molar-refractivity contribution is -0.124. The molecule has 1 unspecified atom stereocenters. The number of aromatic nitrogens is 2. The summed E-state index contributed by atoms with van der Waals surface area (Å²) in [6.45, 7) is 7.37. The molecule has 148 valence electrons. The lowest BCUT2D eigenvalue weighted by atomic mass is 10.0. The number of hydrogen-bond donors (Lipinski definition) is 1. The Morgan fingerprint density at radius 1 is 1.30 bits per heavy atom. The summed E-state index contributed by atoms with van der Waals surface area (Å²) in [5.41, 5.74) is -0.325. The number of furan rings is 1. The Balaban J connectivity index is 1.97.